The summed E-state index contributed by atoms with van der Waals surface area (Å²) in [6.45, 7) is 1.11. The topological polar surface area (TPSA) is 86.8 Å². The smallest absolute Gasteiger partial charge is 0.338 e. The number of ether oxygens (including phenoxy) is 3. The number of amides is 1. The quantitative estimate of drug-likeness (QED) is 0.688. The third kappa shape index (κ3) is 5.15. The van der Waals surface area contributed by atoms with Crippen LogP contribution in [0.4, 0.5) is 5.82 Å². The minimum Gasteiger partial charge on any atom is -0.493 e. The Hall–Kier alpha value is -2.22. The van der Waals surface area contributed by atoms with Crippen molar-refractivity contribution in [2.45, 2.75) is 6.92 Å². The number of carbonyl (C=O) groups is 2. The number of benzene rings is 1. The van der Waals surface area contributed by atoms with E-state index in [2.05, 4.69) is 10.3 Å². The van der Waals surface area contributed by atoms with Crippen molar-refractivity contribution in [2.24, 2.45) is 0 Å². The molecule has 2 aromatic rings. The van der Waals surface area contributed by atoms with Gasteiger partial charge < -0.3 is 19.5 Å². The molecule has 1 heterocycles. The van der Waals surface area contributed by atoms with Gasteiger partial charge in [0.2, 0.25) is 0 Å². The number of aryl methyl sites for hydroxylation is 1. The highest BCUT2D eigenvalue weighted by atomic mass is 35.5. The predicted molar refractivity (Wildman–Crippen MR) is 102 cm³/mol. The Morgan fingerprint density at radius 1 is 1.04 bits per heavy atom. The molecule has 0 radical (unpaired) electrons. The number of pyridine rings is 1. The van der Waals surface area contributed by atoms with Crippen LogP contribution in [0.1, 0.15) is 16.1 Å². The average molecular weight is 434 g/mol. The number of carbonyl (C=O) groups excluding carboxylic acids is 2. The molecule has 144 valence electrons. The number of aromatic nitrogens is 1. The second-order valence-electron chi connectivity index (χ2n) is 5.20. The molecule has 0 aliphatic heterocycles. The lowest BCUT2D eigenvalue weighted by molar-refractivity contribution is -0.119. The number of nitrogens with zero attached hydrogens (tertiary/aromatic N) is 1. The van der Waals surface area contributed by atoms with E-state index in [4.69, 9.17) is 49.0 Å². The van der Waals surface area contributed by atoms with Crippen LogP contribution in [0, 0.1) is 6.92 Å². The molecule has 7 nitrogen and oxygen atoms in total. The standard InChI is InChI=1S/C17H15Cl3N2O5/c1-8-10(18)6-12(20)16(21-8)22-14(23)7-27-17(24)9-4-11(19)15(26-3)13(5-9)25-2/h4-6H,7H2,1-3H3,(H,21,22,23). The largest absolute Gasteiger partial charge is 0.493 e. The molecular formula is C17H15Cl3N2O5. The number of anilines is 1. The van der Waals surface area contributed by atoms with Gasteiger partial charge in [-0.1, -0.05) is 34.8 Å². The summed E-state index contributed by atoms with van der Waals surface area (Å²) in [5.41, 5.74) is 0.595. The van der Waals surface area contributed by atoms with Gasteiger partial charge in [-0.15, -0.1) is 0 Å². The van der Waals surface area contributed by atoms with E-state index >= 15 is 0 Å². The highest BCUT2D eigenvalue weighted by Crippen LogP contribution is 2.36. The van der Waals surface area contributed by atoms with E-state index in [-0.39, 0.29) is 32.9 Å². The number of hydrogen-bond donors (Lipinski definition) is 1. The Labute approximate surface area is 170 Å². The first-order valence-electron chi connectivity index (χ1n) is 7.48. The van der Waals surface area contributed by atoms with Crippen molar-refractivity contribution in [3.05, 3.63) is 44.5 Å². The Bertz CT molecular complexity index is 889. The Kier molecular flexibility index (Phi) is 7.12. The SMILES string of the molecule is COc1cc(C(=O)OCC(=O)Nc2nc(C)c(Cl)cc2Cl)cc(Cl)c1OC. The van der Waals surface area contributed by atoms with E-state index in [1.165, 1.54) is 32.4 Å². The molecule has 1 aromatic carbocycles. The van der Waals surface area contributed by atoms with Gasteiger partial charge in [-0.05, 0) is 25.1 Å². The highest BCUT2D eigenvalue weighted by molar-refractivity contribution is 6.36. The molecule has 0 aliphatic carbocycles. The van der Waals surface area contributed by atoms with Crippen molar-refractivity contribution in [1.82, 2.24) is 4.98 Å². The molecule has 1 N–H and O–H groups in total. The van der Waals surface area contributed by atoms with Crippen LogP contribution in [0.2, 0.25) is 15.1 Å². The summed E-state index contributed by atoms with van der Waals surface area (Å²) < 4.78 is 15.2. The fourth-order valence-corrected chi connectivity index (χ4v) is 2.76. The van der Waals surface area contributed by atoms with Crippen LogP contribution in [0.25, 0.3) is 0 Å². The molecule has 1 amide bonds. The van der Waals surface area contributed by atoms with Gasteiger partial charge in [-0.2, -0.15) is 0 Å². The fraction of sp³-hybridized carbons (Fsp3) is 0.235. The van der Waals surface area contributed by atoms with Crippen LogP contribution >= 0.6 is 34.8 Å². The first-order chi connectivity index (χ1) is 12.8. The average Bonchev–Trinajstić information content (AvgIpc) is 2.63. The predicted octanol–water partition coefficient (Wildman–Crippen LogP) is 4.16. The lowest BCUT2D eigenvalue weighted by Crippen LogP contribution is -2.22. The van der Waals surface area contributed by atoms with E-state index in [1.54, 1.807) is 6.92 Å². The van der Waals surface area contributed by atoms with Crippen molar-refractivity contribution in [1.29, 1.82) is 0 Å². The summed E-state index contributed by atoms with van der Waals surface area (Å²) in [6.07, 6.45) is 0. The van der Waals surface area contributed by atoms with Crippen molar-refractivity contribution in [2.75, 3.05) is 26.1 Å². The third-order valence-electron chi connectivity index (χ3n) is 3.37. The maximum Gasteiger partial charge on any atom is 0.338 e. The summed E-state index contributed by atoms with van der Waals surface area (Å²) in [5, 5.41) is 3.15. The van der Waals surface area contributed by atoms with Crippen LogP contribution in [0.15, 0.2) is 18.2 Å². The second kappa shape index (κ2) is 9.12. The minimum absolute atomic E-state index is 0.101. The lowest BCUT2D eigenvalue weighted by atomic mass is 10.2. The number of halogens is 3. The summed E-state index contributed by atoms with van der Waals surface area (Å²) in [5.74, 6) is -0.722. The zero-order valence-electron chi connectivity index (χ0n) is 14.6. The molecule has 0 unspecified atom stereocenters. The van der Waals surface area contributed by atoms with E-state index in [9.17, 15) is 9.59 Å². The van der Waals surface area contributed by atoms with Gasteiger partial charge in [0, 0.05) is 0 Å². The molecule has 0 saturated heterocycles. The monoisotopic (exact) mass is 432 g/mol. The van der Waals surface area contributed by atoms with Crippen molar-refractivity contribution >= 4 is 52.5 Å². The highest BCUT2D eigenvalue weighted by Gasteiger charge is 2.18. The number of esters is 1. The molecule has 0 aliphatic rings. The molecule has 0 fully saturated rings. The van der Waals surface area contributed by atoms with Gasteiger partial charge in [0.25, 0.3) is 5.91 Å². The summed E-state index contributed by atoms with van der Waals surface area (Å²) in [7, 11) is 2.82. The molecule has 2 rings (SSSR count). The fourth-order valence-electron chi connectivity index (χ4n) is 2.06. The normalized spacial score (nSPS) is 10.3. The molecule has 0 spiro atoms. The van der Waals surface area contributed by atoms with E-state index in [0.29, 0.717) is 10.7 Å². The number of nitrogens with one attached hydrogen (secondary N) is 1. The number of hydrogen-bond acceptors (Lipinski definition) is 6. The van der Waals surface area contributed by atoms with Gasteiger partial charge in [-0.3, -0.25) is 4.79 Å². The molecule has 10 heteroatoms. The van der Waals surface area contributed by atoms with Gasteiger partial charge in [-0.25, -0.2) is 9.78 Å². The maximum absolute atomic E-state index is 12.2. The Balaban J connectivity index is 2.04. The zero-order valence-corrected chi connectivity index (χ0v) is 16.8. The van der Waals surface area contributed by atoms with E-state index < -0.39 is 18.5 Å². The molecule has 27 heavy (non-hydrogen) atoms. The van der Waals surface area contributed by atoms with Crippen molar-refractivity contribution in [3.63, 3.8) is 0 Å². The van der Waals surface area contributed by atoms with Crippen LogP contribution < -0.4 is 14.8 Å². The summed E-state index contributed by atoms with van der Waals surface area (Å²) in [4.78, 5) is 28.2. The molecule has 0 saturated carbocycles. The first-order valence-corrected chi connectivity index (χ1v) is 8.61. The van der Waals surface area contributed by atoms with E-state index in [1.807, 2.05) is 0 Å². The van der Waals surface area contributed by atoms with Gasteiger partial charge in [0.05, 0.1) is 40.5 Å². The molecule has 0 atom stereocenters. The third-order valence-corrected chi connectivity index (χ3v) is 4.32. The summed E-state index contributed by atoms with van der Waals surface area (Å²) >= 11 is 17.9. The van der Waals surface area contributed by atoms with Crippen LogP contribution in [0.3, 0.4) is 0 Å². The van der Waals surface area contributed by atoms with Crippen LogP contribution in [0.5, 0.6) is 11.5 Å². The van der Waals surface area contributed by atoms with Crippen LogP contribution in [-0.4, -0.2) is 37.7 Å². The maximum atomic E-state index is 12.2. The molecule has 0 bridgehead atoms. The second-order valence-corrected chi connectivity index (χ2v) is 6.43. The number of methoxy groups -OCH3 is 2. The molecular weight excluding hydrogens is 419 g/mol. The van der Waals surface area contributed by atoms with Crippen molar-refractivity contribution < 1.29 is 23.8 Å². The van der Waals surface area contributed by atoms with Crippen molar-refractivity contribution in [3.8, 4) is 11.5 Å². The Morgan fingerprint density at radius 3 is 2.37 bits per heavy atom. The number of rotatable bonds is 6. The zero-order chi connectivity index (χ0) is 20.1. The van der Waals surface area contributed by atoms with Gasteiger partial charge in [0.15, 0.2) is 23.9 Å². The van der Waals surface area contributed by atoms with Gasteiger partial charge in [0.1, 0.15) is 0 Å². The van der Waals surface area contributed by atoms with Crippen LogP contribution in [-0.2, 0) is 9.53 Å². The van der Waals surface area contributed by atoms with Gasteiger partial charge >= 0.3 is 5.97 Å². The Morgan fingerprint density at radius 2 is 1.74 bits per heavy atom. The minimum atomic E-state index is -0.764. The van der Waals surface area contributed by atoms with E-state index in [0.717, 1.165) is 0 Å². The lowest BCUT2D eigenvalue weighted by Gasteiger charge is -2.12. The molecule has 1 aromatic heterocycles. The first kappa shape index (κ1) is 21.1. The summed E-state index contributed by atoms with van der Waals surface area (Å²) in [6, 6.07) is 4.20.